The molecule has 0 unspecified atom stereocenters. The highest BCUT2D eigenvalue weighted by molar-refractivity contribution is 9.10. The van der Waals surface area contributed by atoms with Crippen LogP contribution in [0.3, 0.4) is 0 Å². The molecule has 0 fully saturated rings. The maximum absolute atomic E-state index is 13.5. The molecule has 1 heterocycles. The zero-order chi connectivity index (χ0) is 14.7. The van der Waals surface area contributed by atoms with E-state index in [1.54, 1.807) is 13.1 Å². The minimum atomic E-state index is -0.552. The first kappa shape index (κ1) is 15.0. The fraction of sp³-hybridized carbons (Fsp3) is 0.231. The van der Waals surface area contributed by atoms with E-state index in [0.29, 0.717) is 34.2 Å². The van der Waals surface area contributed by atoms with Crippen LogP contribution in [0.2, 0.25) is 5.02 Å². The first-order chi connectivity index (χ1) is 9.53. The average molecular weight is 361 g/mol. The molecule has 2 rings (SSSR count). The van der Waals surface area contributed by atoms with Crippen LogP contribution in [0.15, 0.2) is 22.7 Å². The van der Waals surface area contributed by atoms with Gasteiger partial charge in [0.1, 0.15) is 23.2 Å². The second-order valence-corrected chi connectivity index (χ2v) is 5.17. The molecule has 1 N–H and O–H groups in total. The number of nitrogens with zero attached hydrogens (tertiary/aromatic N) is 2. The highest BCUT2D eigenvalue weighted by Crippen LogP contribution is 2.33. The van der Waals surface area contributed by atoms with Crippen molar-refractivity contribution in [3.8, 4) is 11.6 Å². The molecule has 106 valence electrons. The number of nitrogens with one attached hydrogen (secondary N) is 1. The molecule has 0 aliphatic rings. The topological polar surface area (TPSA) is 47.0 Å². The van der Waals surface area contributed by atoms with E-state index in [4.69, 9.17) is 16.3 Å². The predicted octanol–water partition coefficient (Wildman–Crippen LogP) is 4.43. The number of aromatic nitrogens is 2. The molecule has 20 heavy (non-hydrogen) atoms. The van der Waals surface area contributed by atoms with Gasteiger partial charge in [0.2, 0.25) is 5.88 Å². The van der Waals surface area contributed by atoms with Gasteiger partial charge in [0.15, 0.2) is 0 Å². The molecule has 4 nitrogen and oxygen atoms in total. The SMILES string of the molecule is CCc1nc(NC)cc(Oc2cc(F)c(Cl)cc2Br)n1. The Balaban J connectivity index is 2.36. The summed E-state index contributed by atoms with van der Waals surface area (Å²) in [5, 5.41) is 2.95. The van der Waals surface area contributed by atoms with E-state index in [-0.39, 0.29) is 5.02 Å². The Morgan fingerprint density at radius 1 is 1.35 bits per heavy atom. The summed E-state index contributed by atoms with van der Waals surface area (Å²) in [6.45, 7) is 1.94. The lowest BCUT2D eigenvalue weighted by Gasteiger charge is -2.10. The summed E-state index contributed by atoms with van der Waals surface area (Å²) in [5.74, 6) is 1.36. The Bertz CT molecular complexity index is 617. The number of halogens is 3. The van der Waals surface area contributed by atoms with Crippen LogP contribution in [0.1, 0.15) is 12.7 Å². The van der Waals surface area contributed by atoms with E-state index in [9.17, 15) is 4.39 Å². The van der Waals surface area contributed by atoms with E-state index in [1.807, 2.05) is 6.92 Å². The van der Waals surface area contributed by atoms with E-state index < -0.39 is 5.82 Å². The zero-order valence-corrected chi connectivity index (χ0v) is 13.2. The lowest BCUT2D eigenvalue weighted by Crippen LogP contribution is -2.01. The number of aryl methyl sites for hydroxylation is 1. The van der Waals surface area contributed by atoms with Gasteiger partial charge < -0.3 is 10.1 Å². The van der Waals surface area contributed by atoms with Crippen molar-refractivity contribution in [3.05, 3.63) is 39.3 Å². The van der Waals surface area contributed by atoms with E-state index in [0.717, 1.165) is 0 Å². The molecule has 2 aromatic rings. The van der Waals surface area contributed by atoms with Gasteiger partial charge >= 0.3 is 0 Å². The quantitative estimate of drug-likeness (QED) is 0.820. The summed E-state index contributed by atoms with van der Waals surface area (Å²) < 4.78 is 19.6. The van der Waals surface area contributed by atoms with Crippen LogP contribution in [-0.2, 0) is 6.42 Å². The minimum Gasteiger partial charge on any atom is -0.438 e. The van der Waals surface area contributed by atoms with E-state index in [2.05, 4.69) is 31.2 Å². The molecule has 0 bridgehead atoms. The molecule has 0 aliphatic carbocycles. The molecule has 0 amide bonds. The van der Waals surface area contributed by atoms with Gasteiger partial charge in [-0.25, -0.2) is 9.37 Å². The lowest BCUT2D eigenvalue weighted by molar-refractivity contribution is 0.452. The molecular weight excluding hydrogens is 349 g/mol. The third-order valence-electron chi connectivity index (χ3n) is 2.51. The Hall–Kier alpha value is -1.40. The Morgan fingerprint density at radius 2 is 2.10 bits per heavy atom. The molecule has 0 saturated heterocycles. The summed E-state index contributed by atoms with van der Waals surface area (Å²) in [6.07, 6.45) is 0.669. The van der Waals surface area contributed by atoms with Crippen LogP contribution in [0.5, 0.6) is 11.6 Å². The Kier molecular flexibility index (Phi) is 4.77. The molecule has 0 atom stereocenters. The standard InChI is InChI=1S/C13H12BrClFN3O/c1-3-11-18-12(17-2)6-13(19-11)20-10-5-9(16)8(15)4-7(10)14/h4-6H,3H2,1-2H3,(H,17,18,19). The smallest absolute Gasteiger partial charge is 0.224 e. The van der Waals surface area contributed by atoms with Crippen LogP contribution in [0.25, 0.3) is 0 Å². The number of anilines is 1. The van der Waals surface area contributed by atoms with Gasteiger partial charge in [0.25, 0.3) is 0 Å². The van der Waals surface area contributed by atoms with Crippen molar-refractivity contribution in [1.82, 2.24) is 9.97 Å². The van der Waals surface area contributed by atoms with Crippen LogP contribution < -0.4 is 10.1 Å². The second-order valence-electron chi connectivity index (χ2n) is 3.91. The molecular formula is C13H12BrClFN3O. The number of benzene rings is 1. The van der Waals surface area contributed by atoms with Crippen LogP contribution in [0.4, 0.5) is 10.2 Å². The van der Waals surface area contributed by atoms with Crippen molar-refractivity contribution in [1.29, 1.82) is 0 Å². The van der Waals surface area contributed by atoms with Crippen LogP contribution >= 0.6 is 27.5 Å². The fourth-order valence-corrected chi connectivity index (χ4v) is 2.23. The van der Waals surface area contributed by atoms with Gasteiger partial charge in [-0.15, -0.1) is 0 Å². The summed E-state index contributed by atoms with van der Waals surface area (Å²) in [4.78, 5) is 8.50. The molecule has 1 aromatic carbocycles. The maximum atomic E-state index is 13.5. The van der Waals surface area contributed by atoms with E-state index in [1.165, 1.54) is 12.1 Å². The van der Waals surface area contributed by atoms with Crippen molar-refractivity contribution in [2.24, 2.45) is 0 Å². The van der Waals surface area contributed by atoms with Crippen LogP contribution in [-0.4, -0.2) is 17.0 Å². The number of hydrogen-bond acceptors (Lipinski definition) is 4. The number of hydrogen-bond donors (Lipinski definition) is 1. The van der Waals surface area contributed by atoms with Crippen molar-refractivity contribution in [2.45, 2.75) is 13.3 Å². The van der Waals surface area contributed by atoms with Gasteiger partial charge in [-0.1, -0.05) is 18.5 Å². The Morgan fingerprint density at radius 3 is 2.75 bits per heavy atom. The van der Waals surface area contributed by atoms with Gasteiger partial charge in [0.05, 0.1) is 9.50 Å². The van der Waals surface area contributed by atoms with E-state index >= 15 is 0 Å². The highest BCUT2D eigenvalue weighted by Gasteiger charge is 2.11. The largest absolute Gasteiger partial charge is 0.438 e. The highest BCUT2D eigenvalue weighted by atomic mass is 79.9. The summed E-state index contributed by atoms with van der Waals surface area (Å²) in [6, 6.07) is 4.28. The van der Waals surface area contributed by atoms with Crippen LogP contribution in [0, 0.1) is 5.82 Å². The maximum Gasteiger partial charge on any atom is 0.224 e. The summed E-state index contributed by atoms with van der Waals surface area (Å²) in [7, 11) is 1.75. The first-order valence-corrected chi connectivity index (χ1v) is 7.08. The summed E-state index contributed by atoms with van der Waals surface area (Å²) in [5.41, 5.74) is 0. The first-order valence-electron chi connectivity index (χ1n) is 5.91. The monoisotopic (exact) mass is 359 g/mol. The van der Waals surface area contributed by atoms with Gasteiger partial charge in [0, 0.05) is 25.6 Å². The molecule has 0 saturated carbocycles. The second kappa shape index (κ2) is 6.37. The number of ether oxygens (including phenoxy) is 1. The minimum absolute atomic E-state index is 0.0251. The average Bonchev–Trinajstić information content (AvgIpc) is 2.44. The molecule has 1 aromatic heterocycles. The van der Waals surface area contributed by atoms with Gasteiger partial charge in [-0.2, -0.15) is 4.98 Å². The molecule has 7 heteroatoms. The predicted molar refractivity (Wildman–Crippen MR) is 80.1 cm³/mol. The lowest BCUT2D eigenvalue weighted by atomic mass is 10.3. The normalized spacial score (nSPS) is 10.4. The fourth-order valence-electron chi connectivity index (χ4n) is 1.51. The van der Waals surface area contributed by atoms with Crippen molar-refractivity contribution in [3.63, 3.8) is 0 Å². The van der Waals surface area contributed by atoms with Gasteiger partial charge in [-0.3, -0.25) is 0 Å². The molecule has 0 spiro atoms. The van der Waals surface area contributed by atoms with Crippen molar-refractivity contribution >= 4 is 33.3 Å². The molecule has 0 aliphatic heterocycles. The third-order valence-corrected chi connectivity index (χ3v) is 3.42. The third kappa shape index (κ3) is 3.37. The van der Waals surface area contributed by atoms with Gasteiger partial charge in [-0.05, 0) is 22.0 Å². The van der Waals surface area contributed by atoms with Crippen molar-refractivity contribution in [2.75, 3.05) is 12.4 Å². The Labute approximate surface area is 129 Å². The number of rotatable bonds is 4. The van der Waals surface area contributed by atoms with Crippen molar-refractivity contribution < 1.29 is 9.13 Å². The molecule has 0 radical (unpaired) electrons. The zero-order valence-electron chi connectivity index (χ0n) is 10.9. The summed E-state index contributed by atoms with van der Waals surface area (Å²) >= 11 is 8.96.